The van der Waals surface area contributed by atoms with Crippen molar-refractivity contribution >= 4 is 33.9 Å². The van der Waals surface area contributed by atoms with E-state index in [0.717, 1.165) is 0 Å². The predicted octanol–water partition coefficient (Wildman–Crippen LogP) is 4.73. The first-order valence-corrected chi connectivity index (χ1v) is 8.99. The van der Waals surface area contributed by atoms with Crippen LogP contribution in [0, 0.1) is 5.82 Å². The van der Waals surface area contributed by atoms with Crippen LogP contribution in [-0.4, -0.2) is 25.1 Å². The Hall–Kier alpha value is -2.67. The van der Waals surface area contributed by atoms with E-state index in [1.807, 2.05) is 13.8 Å². The van der Waals surface area contributed by atoms with Crippen LogP contribution in [0.25, 0.3) is 6.08 Å². The van der Waals surface area contributed by atoms with Gasteiger partial charge < -0.3 is 14.2 Å². The van der Waals surface area contributed by atoms with Gasteiger partial charge in [0.2, 0.25) is 5.90 Å². The van der Waals surface area contributed by atoms with Crippen molar-refractivity contribution in [1.29, 1.82) is 0 Å². The molecule has 2 aromatic carbocycles. The molecule has 0 bridgehead atoms. The summed E-state index contributed by atoms with van der Waals surface area (Å²) in [6.45, 7) is 3.83. The summed E-state index contributed by atoms with van der Waals surface area (Å²) >= 11 is 3.46. The molecule has 2 aromatic rings. The van der Waals surface area contributed by atoms with Crippen molar-refractivity contribution < 1.29 is 23.4 Å². The fourth-order valence-corrected chi connectivity index (χ4v) is 3.04. The van der Waals surface area contributed by atoms with Gasteiger partial charge in [0.1, 0.15) is 5.82 Å². The third-order valence-corrected chi connectivity index (χ3v) is 4.19. The number of methoxy groups -OCH3 is 1. The van der Waals surface area contributed by atoms with Gasteiger partial charge in [-0.2, -0.15) is 0 Å². The van der Waals surface area contributed by atoms with Crippen molar-refractivity contribution in [3.05, 3.63) is 63.5 Å². The van der Waals surface area contributed by atoms with E-state index in [4.69, 9.17) is 14.2 Å². The zero-order valence-corrected chi connectivity index (χ0v) is 16.5. The number of hydrogen-bond acceptors (Lipinski definition) is 5. The molecule has 27 heavy (non-hydrogen) atoms. The van der Waals surface area contributed by atoms with Gasteiger partial charge in [-0.1, -0.05) is 6.07 Å². The maximum Gasteiger partial charge on any atom is 0.363 e. The summed E-state index contributed by atoms with van der Waals surface area (Å²) < 4.78 is 30.4. The van der Waals surface area contributed by atoms with Crippen molar-refractivity contribution in [3.63, 3.8) is 0 Å². The van der Waals surface area contributed by atoms with Gasteiger partial charge in [0.25, 0.3) is 0 Å². The van der Waals surface area contributed by atoms with Gasteiger partial charge in [0, 0.05) is 5.56 Å². The summed E-state index contributed by atoms with van der Waals surface area (Å²) in [6.07, 6.45) is 1.55. The van der Waals surface area contributed by atoms with Gasteiger partial charge >= 0.3 is 5.97 Å². The minimum absolute atomic E-state index is 0.0253. The summed E-state index contributed by atoms with van der Waals surface area (Å²) in [4.78, 5) is 16.3. The minimum atomic E-state index is -0.605. The van der Waals surface area contributed by atoms with Crippen molar-refractivity contribution in [2.45, 2.75) is 20.0 Å². The highest BCUT2D eigenvalue weighted by molar-refractivity contribution is 9.10. The maximum atomic E-state index is 13.4. The molecule has 0 amide bonds. The molecule has 0 aromatic heterocycles. The largest absolute Gasteiger partial charge is 0.493 e. The SMILES string of the molecule is COc1cc(/C=C2\N=C(c3cccc(F)c3)OC2=O)cc(Br)c1OC(C)C. The van der Waals surface area contributed by atoms with Crippen molar-refractivity contribution in [2.24, 2.45) is 4.99 Å². The molecule has 1 aliphatic rings. The predicted molar refractivity (Wildman–Crippen MR) is 103 cm³/mol. The van der Waals surface area contributed by atoms with E-state index in [-0.39, 0.29) is 17.7 Å². The van der Waals surface area contributed by atoms with Crippen LogP contribution >= 0.6 is 15.9 Å². The number of benzene rings is 2. The molecule has 0 saturated carbocycles. The molecule has 0 atom stereocenters. The van der Waals surface area contributed by atoms with E-state index in [0.29, 0.717) is 27.1 Å². The maximum absolute atomic E-state index is 13.4. The minimum Gasteiger partial charge on any atom is -0.493 e. The van der Waals surface area contributed by atoms with Gasteiger partial charge in [-0.05, 0) is 71.7 Å². The molecule has 1 heterocycles. The zero-order valence-electron chi connectivity index (χ0n) is 15.0. The van der Waals surface area contributed by atoms with Crippen LogP contribution in [0.15, 0.2) is 51.6 Å². The Morgan fingerprint density at radius 2 is 2.04 bits per heavy atom. The van der Waals surface area contributed by atoms with Crippen LogP contribution in [-0.2, 0) is 9.53 Å². The molecule has 5 nitrogen and oxygen atoms in total. The second-order valence-corrected chi connectivity index (χ2v) is 6.90. The number of nitrogens with zero attached hydrogens (tertiary/aromatic N) is 1. The Bertz CT molecular complexity index is 953. The number of ether oxygens (including phenoxy) is 3. The van der Waals surface area contributed by atoms with Crippen LogP contribution in [0.3, 0.4) is 0 Å². The Kier molecular flexibility index (Phi) is 5.60. The molecule has 3 rings (SSSR count). The number of carbonyl (C=O) groups excluding carboxylic acids is 1. The highest BCUT2D eigenvalue weighted by atomic mass is 79.9. The smallest absolute Gasteiger partial charge is 0.363 e. The monoisotopic (exact) mass is 433 g/mol. The van der Waals surface area contributed by atoms with E-state index in [1.54, 1.807) is 24.3 Å². The Labute approximate surface area is 164 Å². The second kappa shape index (κ2) is 7.92. The fraction of sp³-hybridized carbons (Fsp3) is 0.200. The molecule has 0 unspecified atom stereocenters. The number of cyclic esters (lactones) is 1. The van der Waals surface area contributed by atoms with Gasteiger partial charge in [0.05, 0.1) is 17.7 Å². The lowest BCUT2D eigenvalue weighted by atomic mass is 10.1. The van der Waals surface area contributed by atoms with E-state index in [2.05, 4.69) is 20.9 Å². The van der Waals surface area contributed by atoms with Crippen LogP contribution in [0.1, 0.15) is 25.0 Å². The second-order valence-electron chi connectivity index (χ2n) is 6.05. The molecule has 0 spiro atoms. The Balaban J connectivity index is 1.96. The Morgan fingerprint density at radius 3 is 2.70 bits per heavy atom. The third kappa shape index (κ3) is 4.36. The fourth-order valence-electron chi connectivity index (χ4n) is 2.49. The summed E-state index contributed by atoms with van der Waals surface area (Å²) in [5.74, 6) is 0.125. The van der Waals surface area contributed by atoms with E-state index >= 15 is 0 Å². The zero-order chi connectivity index (χ0) is 19.6. The lowest BCUT2D eigenvalue weighted by molar-refractivity contribution is -0.129. The van der Waals surface area contributed by atoms with Gasteiger partial charge in [-0.25, -0.2) is 14.2 Å². The van der Waals surface area contributed by atoms with E-state index in [9.17, 15) is 9.18 Å². The molecule has 140 valence electrons. The van der Waals surface area contributed by atoms with Crippen molar-refractivity contribution in [1.82, 2.24) is 0 Å². The number of esters is 1. The number of aliphatic imine (C=N–C) groups is 1. The van der Waals surface area contributed by atoms with E-state index in [1.165, 1.54) is 25.3 Å². The molecular weight excluding hydrogens is 417 g/mol. The third-order valence-electron chi connectivity index (χ3n) is 3.60. The normalized spacial score (nSPS) is 15.1. The van der Waals surface area contributed by atoms with Crippen LogP contribution < -0.4 is 9.47 Å². The first-order valence-electron chi connectivity index (χ1n) is 8.20. The number of halogens is 2. The molecule has 7 heteroatoms. The molecule has 0 saturated heterocycles. The topological polar surface area (TPSA) is 57.1 Å². The average molecular weight is 434 g/mol. The first-order chi connectivity index (χ1) is 12.9. The average Bonchev–Trinajstić information content (AvgIpc) is 2.97. The van der Waals surface area contributed by atoms with Crippen molar-refractivity contribution in [2.75, 3.05) is 7.11 Å². The van der Waals surface area contributed by atoms with E-state index < -0.39 is 11.8 Å². The summed E-state index contributed by atoms with van der Waals surface area (Å²) in [6, 6.07) is 9.23. The number of rotatable bonds is 5. The van der Waals surface area contributed by atoms with Crippen LogP contribution in [0.2, 0.25) is 0 Å². The molecule has 1 aliphatic heterocycles. The summed E-state index contributed by atoms with van der Waals surface area (Å²) in [7, 11) is 1.54. The highest BCUT2D eigenvalue weighted by Gasteiger charge is 2.24. The lowest BCUT2D eigenvalue weighted by Gasteiger charge is -2.15. The lowest BCUT2D eigenvalue weighted by Crippen LogP contribution is -2.07. The first kappa shape index (κ1) is 19.1. The summed E-state index contributed by atoms with van der Waals surface area (Å²) in [5, 5.41) is 0. The Morgan fingerprint density at radius 1 is 1.26 bits per heavy atom. The number of carbonyl (C=O) groups is 1. The highest BCUT2D eigenvalue weighted by Crippen LogP contribution is 2.38. The molecule has 0 radical (unpaired) electrons. The van der Waals surface area contributed by atoms with Crippen molar-refractivity contribution in [3.8, 4) is 11.5 Å². The molecule has 0 N–H and O–H groups in total. The van der Waals surface area contributed by atoms with Gasteiger partial charge in [-0.15, -0.1) is 0 Å². The quantitative estimate of drug-likeness (QED) is 0.505. The van der Waals surface area contributed by atoms with Gasteiger partial charge in [-0.3, -0.25) is 0 Å². The van der Waals surface area contributed by atoms with Gasteiger partial charge in [0.15, 0.2) is 17.2 Å². The van der Waals surface area contributed by atoms with Crippen LogP contribution in [0.5, 0.6) is 11.5 Å². The molecule has 0 aliphatic carbocycles. The standard InChI is InChI=1S/C20H17BrFNO4/c1-11(2)26-18-15(21)7-12(9-17(18)25-3)8-16-20(24)27-19(23-16)13-5-4-6-14(22)10-13/h4-11H,1-3H3/b16-8-. The summed E-state index contributed by atoms with van der Waals surface area (Å²) in [5.41, 5.74) is 1.18. The van der Waals surface area contributed by atoms with Crippen LogP contribution in [0.4, 0.5) is 4.39 Å². The molecular formula is C20H17BrFNO4. The number of hydrogen-bond donors (Lipinski definition) is 0. The molecule has 0 fully saturated rings.